The first-order valence-corrected chi connectivity index (χ1v) is 7.86. The first-order chi connectivity index (χ1) is 11.1. The summed E-state index contributed by atoms with van der Waals surface area (Å²) >= 11 is 0. The third kappa shape index (κ3) is 2.31. The van der Waals surface area contributed by atoms with Crippen molar-refractivity contribution in [3.05, 3.63) is 71.1 Å². The topological polar surface area (TPSA) is 62.2 Å². The fraction of sp³-hybridized carbons (Fsp3) is 0.263. The quantitative estimate of drug-likeness (QED) is 0.826. The lowest BCUT2D eigenvalue weighted by atomic mass is 9.78. The molecule has 0 saturated heterocycles. The Morgan fingerprint density at radius 2 is 2.17 bits per heavy atom. The number of carbonyl (C=O) groups is 1. The van der Waals surface area contributed by atoms with Gasteiger partial charge in [-0.1, -0.05) is 29.8 Å². The third-order valence-corrected chi connectivity index (χ3v) is 4.87. The van der Waals surface area contributed by atoms with Gasteiger partial charge in [0.05, 0.1) is 17.3 Å². The van der Waals surface area contributed by atoms with Crippen molar-refractivity contribution in [1.29, 1.82) is 0 Å². The first kappa shape index (κ1) is 14.0. The molecule has 116 valence electrons. The smallest absolute Gasteiger partial charge is 0.337 e. The van der Waals surface area contributed by atoms with E-state index in [1.165, 1.54) is 17.3 Å². The monoisotopic (exact) mass is 306 g/mol. The van der Waals surface area contributed by atoms with Crippen molar-refractivity contribution in [3.63, 3.8) is 0 Å². The highest BCUT2D eigenvalue weighted by Crippen LogP contribution is 2.49. The van der Waals surface area contributed by atoms with Gasteiger partial charge in [-0.05, 0) is 43.0 Å². The molecule has 0 bridgehead atoms. The van der Waals surface area contributed by atoms with Gasteiger partial charge >= 0.3 is 5.97 Å². The number of allylic oxidation sites excluding steroid dienone is 2. The average Bonchev–Trinajstić information content (AvgIpc) is 3.04. The Kier molecular flexibility index (Phi) is 3.18. The SMILES string of the molecule is Cc1ccc2c(c1)[C@@H]1C=CC[C@@H]1[C@H](c1ccc(C(=O)O)cn1)N2. The number of fused-ring (bicyclic) bond motifs is 3. The van der Waals surface area contributed by atoms with E-state index in [1.807, 2.05) is 6.07 Å². The Morgan fingerprint density at radius 3 is 2.91 bits per heavy atom. The molecule has 4 nitrogen and oxygen atoms in total. The van der Waals surface area contributed by atoms with E-state index in [4.69, 9.17) is 5.11 Å². The summed E-state index contributed by atoms with van der Waals surface area (Å²) in [7, 11) is 0. The van der Waals surface area contributed by atoms with Crippen LogP contribution < -0.4 is 5.32 Å². The van der Waals surface area contributed by atoms with E-state index in [2.05, 4.69) is 47.6 Å². The van der Waals surface area contributed by atoms with Crippen molar-refractivity contribution in [1.82, 2.24) is 4.98 Å². The molecule has 0 amide bonds. The van der Waals surface area contributed by atoms with Gasteiger partial charge in [0.1, 0.15) is 0 Å². The molecule has 4 heteroatoms. The summed E-state index contributed by atoms with van der Waals surface area (Å²) in [5, 5.41) is 12.6. The Hall–Kier alpha value is -2.62. The summed E-state index contributed by atoms with van der Waals surface area (Å²) in [6, 6.07) is 10.1. The highest BCUT2D eigenvalue weighted by atomic mass is 16.4. The maximum absolute atomic E-state index is 11.0. The standard InChI is InChI=1S/C19H18N2O2/c1-11-5-7-16-15(9-11)13-3-2-4-14(13)18(21-16)17-8-6-12(10-20-17)19(22)23/h2-3,5-10,13-14,18,21H,4H2,1H3,(H,22,23)/t13-,14+,18-/m1/s1. The third-order valence-electron chi connectivity index (χ3n) is 4.87. The molecule has 1 aliphatic carbocycles. The second-order valence-corrected chi connectivity index (χ2v) is 6.34. The van der Waals surface area contributed by atoms with Crippen LogP contribution in [-0.4, -0.2) is 16.1 Å². The molecule has 0 saturated carbocycles. The molecule has 23 heavy (non-hydrogen) atoms. The molecular formula is C19H18N2O2. The molecule has 3 atom stereocenters. The molecule has 4 rings (SSSR count). The zero-order valence-corrected chi connectivity index (χ0v) is 12.9. The molecule has 2 aromatic rings. The van der Waals surface area contributed by atoms with E-state index >= 15 is 0 Å². The number of carboxylic acid groups (broad SMARTS) is 1. The summed E-state index contributed by atoms with van der Waals surface area (Å²) in [5.74, 6) is -0.119. The molecule has 1 aromatic carbocycles. The maximum Gasteiger partial charge on any atom is 0.337 e. The van der Waals surface area contributed by atoms with Gasteiger partial charge in [0, 0.05) is 17.8 Å². The minimum Gasteiger partial charge on any atom is -0.478 e. The van der Waals surface area contributed by atoms with Gasteiger partial charge in [0.2, 0.25) is 0 Å². The minimum atomic E-state index is -0.943. The van der Waals surface area contributed by atoms with E-state index < -0.39 is 5.97 Å². The van der Waals surface area contributed by atoms with Crippen LogP contribution in [0.1, 0.15) is 45.6 Å². The predicted molar refractivity (Wildman–Crippen MR) is 88.7 cm³/mol. The van der Waals surface area contributed by atoms with Crippen LogP contribution in [0.5, 0.6) is 0 Å². The zero-order chi connectivity index (χ0) is 16.0. The number of hydrogen-bond donors (Lipinski definition) is 2. The van der Waals surface area contributed by atoms with E-state index in [1.54, 1.807) is 6.07 Å². The molecule has 1 aromatic heterocycles. The van der Waals surface area contributed by atoms with E-state index in [9.17, 15) is 4.79 Å². The molecule has 2 N–H and O–H groups in total. The van der Waals surface area contributed by atoms with Gasteiger partial charge in [-0.2, -0.15) is 0 Å². The number of aryl methyl sites for hydroxylation is 1. The normalized spacial score (nSPS) is 24.7. The van der Waals surface area contributed by atoms with Gasteiger partial charge in [0.25, 0.3) is 0 Å². The van der Waals surface area contributed by atoms with Crippen LogP contribution in [0.2, 0.25) is 0 Å². The van der Waals surface area contributed by atoms with E-state index in [0.29, 0.717) is 11.8 Å². The number of benzene rings is 1. The lowest BCUT2D eigenvalue weighted by Crippen LogP contribution is -2.29. The Balaban J connectivity index is 1.73. The summed E-state index contributed by atoms with van der Waals surface area (Å²) in [4.78, 5) is 15.4. The van der Waals surface area contributed by atoms with Gasteiger partial charge < -0.3 is 10.4 Å². The largest absolute Gasteiger partial charge is 0.478 e. The molecule has 0 radical (unpaired) electrons. The maximum atomic E-state index is 11.0. The molecule has 0 fully saturated rings. The number of aromatic carboxylic acids is 1. The number of nitrogens with one attached hydrogen (secondary N) is 1. The lowest BCUT2D eigenvalue weighted by Gasteiger charge is -2.37. The van der Waals surface area contributed by atoms with Crippen molar-refractivity contribution < 1.29 is 9.90 Å². The van der Waals surface area contributed by atoms with Crippen LogP contribution in [-0.2, 0) is 0 Å². The van der Waals surface area contributed by atoms with Gasteiger partial charge in [-0.3, -0.25) is 4.98 Å². The summed E-state index contributed by atoms with van der Waals surface area (Å²) in [5.41, 5.74) is 4.90. The van der Waals surface area contributed by atoms with Crippen LogP contribution >= 0.6 is 0 Å². The number of carboxylic acids is 1. The summed E-state index contributed by atoms with van der Waals surface area (Å²) in [6.07, 6.45) is 6.99. The fourth-order valence-electron chi connectivity index (χ4n) is 3.72. The van der Waals surface area contributed by atoms with Crippen molar-refractivity contribution in [2.24, 2.45) is 5.92 Å². The summed E-state index contributed by atoms with van der Waals surface area (Å²) < 4.78 is 0. The molecule has 2 aliphatic rings. The number of anilines is 1. The molecule has 1 aliphatic heterocycles. The molecule has 2 heterocycles. The van der Waals surface area contributed by atoms with Crippen LogP contribution in [0.25, 0.3) is 0 Å². The van der Waals surface area contributed by atoms with E-state index in [0.717, 1.165) is 17.8 Å². The zero-order valence-electron chi connectivity index (χ0n) is 12.9. The Bertz CT molecular complexity index is 796. The van der Waals surface area contributed by atoms with Crippen molar-refractivity contribution >= 4 is 11.7 Å². The van der Waals surface area contributed by atoms with Gasteiger partial charge in [-0.25, -0.2) is 4.79 Å². The highest BCUT2D eigenvalue weighted by Gasteiger charge is 2.38. The van der Waals surface area contributed by atoms with Crippen LogP contribution in [0, 0.1) is 12.8 Å². The number of nitrogens with zero attached hydrogens (tertiary/aromatic N) is 1. The second kappa shape index (κ2) is 5.23. The first-order valence-electron chi connectivity index (χ1n) is 7.86. The number of aromatic nitrogens is 1. The van der Waals surface area contributed by atoms with Gasteiger partial charge in [0.15, 0.2) is 0 Å². The Morgan fingerprint density at radius 1 is 1.30 bits per heavy atom. The van der Waals surface area contributed by atoms with Gasteiger partial charge in [-0.15, -0.1) is 0 Å². The number of hydrogen-bond acceptors (Lipinski definition) is 3. The molecular weight excluding hydrogens is 288 g/mol. The fourth-order valence-corrected chi connectivity index (χ4v) is 3.72. The molecule has 0 spiro atoms. The van der Waals surface area contributed by atoms with Crippen LogP contribution in [0.3, 0.4) is 0 Å². The second-order valence-electron chi connectivity index (χ2n) is 6.34. The molecule has 0 unspecified atom stereocenters. The van der Waals surface area contributed by atoms with Crippen LogP contribution in [0.4, 0.5) is 5.69 Å². The summed E-state index contributed by atoms with van der Waals surface area (Å²) in [6.45, 7) is 2.12. The highest BCUT2D eigenvalue weighted by molar-refractivity contribution is 5.87. The van der Waals surface area contributed by atoms with E-state index in [-0.39, 0.29) is 11.6 Å². The predicted octanol–water partition coefficient (Wildman–Crippen LogP) is 3.91. The van der Waals surface area contributed by atoms with Crippen molar-refractivity contribution in [2.45, 2.75) is 25.3 Å². The minimum absolute atomic E-state index is 0.105. The van der Waals surface area contributed by atoms with Crippen molar-refractivity contribution in [3.8, 4) is 0 Å². The van der Waals surface area contributed by atoms with Crippen LogP contribution in [0.15, 0.2) is 48.7 Å². The average molecular weight is 306 g/mol. The number of rotatable bonds is 2. The number of pyridine rings is 1. The lowest BCUT2D eigenvalue weighted by molar-refractivity contribution is 0.0696. The van der Waals surface area contributed by atoms with Crippen molar-refractivity contribution in [2.75, 3.05) is 5.32 Å². The Labute approximate surface area is 134 Å².